The summed E-state index contributed by atoms with van der Waals surface area (Å²) in [5, 5.41) is 7.55. The molecule has 28 heavy (non-hydrogen) atoms. The van der Waals surface area contributed by atoms with Crippen LogP contribution in [0.25, 0.3) is 0 Å². The Balaban J connectivity index is 1.50. The molecule has 0 atom stereocenters. The molecule has 140 valence electrons. The first-order valence-electron chi connectivity index (χ1n) is 8.47. The van der Waals surface area contributed by atoms with Gasteiger partial charge in [0.25, 0.3) is 17.7 Å². The van der Waals surface area contributed by atoms with E-state index in [9.17, 15) is 14.4 Å². The average molecular weight is 395 g/mol. The second kappa shape index (κ2) is 6.94. The lowest BCUT2D eigenvalue weighted by molar-refractivity contribution is 0.0692. The summed E-state index contributed by atoms with van der Waals surface area (Å²) in [4.78, 5) is 37.6. The van der Waals surface area contributed by atoms with E-state index in [1.807, 2.05) is 18.2 Å². The van der Waals surface area contributed by atoms with Crippen molar-refractivity contribution in [2.45, 2.75) is 6.54 Å². The molecule has 0 saturated carbocycles. The SMILES string of the molecule is CN1C(=O)c2ccc(NC(=O)c3cnn(Cc4ccccc4Cl)c3)cc2C1=O. The predicted octanol–water partition coefficient (Wildman–Crippen LogP) is 3.06. The first-order valence-corrected chi connectivity index (χ1v) is 8.85. The normalized spacial score (nSPS) is 13.0. The van der Waals surface area contributed by atoms with Gasteiger partial charge in [0.05, 0.1) is 29.4 Å². The predicted molar refractivity (Wildman–Crippen MR) is 104 cm³/mol. The van der Waals surface area contributed by atoms with Crippen molar-refractivity contribution < 1.29 is 14.4 Å². The number of nitrogens with one attached hydrogen (secondary N) is 1. The fourth-order valence-corrected chi connectivity index (χ4v) is 3.21. The Kier molecular flexibility index (Phi) is 4.44. The van der Waals surface area contributed by atoms with Crippen LogP contribution in [-0.2, 0) is 6.54 Å². The lowest BCUT2D eigenvalue weighted by Crippen LogP contribution is -2.24. The van der Waals surface area contributed by atoms with Crippen molar-refractivity contribution in [2.75, 3.05) is 12.4 Å². The Morgan fingerprint density at radius 1 is 1.11 bits per heavy atom. The highest BCUT2D eigenvalue weighted by Gasteiger charge is 2.32. The summed E-state index contributed by atoms with van der Waals surface area (Å²) >= 11 is 6.15. The van der Waals surface area contributed by atoms with Gasteiger partial charge in [0.2, 0.25) is 0 Å². The molecule has 7 nitrogen and oxygen atoms in total. The van der Waals surface area contributed by atoms with Crippen molar-refractivity contribution in [3.8, 4) is 0 Å². The number of benzene rings is 2. The van der Waals surface area contributed by atoms with Gasteiger partial charge in [0.15, 0.2) is 0 Å². The lowest BCUT2D eigenvalue weighted by atomic mass is 10.1. The number of fused-ring (bicyclic) bond motifs is 1. The molecule has 0 radical (unpaired) electrons. The zero-order valence-electron chi connectivity index (χ0n) is 14.8. The van der Waals surface area contributed by atoms with E-state index in [0.29, 0.717) is 28.4 Å². The number of hydrogen-bond donors (Lipinski definition) is 1. The molecule has 1 aromatic heterocycles. The number of rotatable bonds is 4. The van der Waals surface area contributed by atoms with E-state index in [4.69, 9.17) is 11.6 Å². The lowest BCUT2D eigenvalue weighted by Gasteiger charge is -2.05. The number of anilines is 1. The van der Waals surface area contributed by atoms with E-state index >= 15 is 0 Å². The molecule has 0 fully saturated rings. The number of hydrogen-bond acceptors (Lipinski definition) is 4. The minimum absolute atomic E-state index is 0.278. The number of aromatic nitrogens is 2. The highest BCUT2D eigenvalue weighted by atomic mass is 35.5. The van der Waals surface area contributed by atoms with Crippen LogP contribution in [0.15, 0.2) is 54.9 Å². The summed E-state index contributed by atoms with van der Waals surface area (Å²) in [5.41, 5.74) is 2.30. The van der Waals surface area contributed by atoms with Crippen LogP contribution in [0, 0.1) is 0 Å². The molecule has 0 unspecified atom stereocenters. The quantitative estimate of drug-likeness (QED) is 0.689. The van der Waals surface area contributed by atoms with E-state index in [1.54, 1.807) is 23.0 Å². The molecule has 0 aliphatic carbocycles. The fourth-order valence-electron chi connectivity index (χ4n) is 3.01. The number of halogens is 1. The summed E-state index contributed by atoms with van der Waals surface area (Å²) in [5.74, 6) is -1.10. The van der Waals surface area contributed by atoms with E-state index in [0.717, 1.165) is 10.5 Å². The molecule has 1 aliphatic heterocycles. The third kappa shape index (κ3) is 3.16. The van der Waals surface area contributed by atoms with Crippen LogP contribution in [0.2, 0.25) is 5.02 Å². The minimum atomic E-state index is -0.386. The maximum Gasteiger partial charge on any atom is 0.261 e. The van der Waals surface area contributed by atoms with Crippen LogP contribution in [0.1, 0.15) is 36.6 Å². The van der Waals surface area contributed by atoms with Gasteiger partial charge in [-0.1, -0.05) is 29.8 Å². The van der Waals surface area contributed by atoms with Crippen molar-refractivity contribution in [2.24, 2.45) is 0 Å². The van der Waals surface area contributed by atoms with Gasteiger partial charge < -0.3 is 5.32 Å². The van der Waals surface area contributed by atoms with Gasteiger partial charge >= 0.3 is 0 Å². The Labute approximate surface area is 165 Å². The topological polar surface area (TPSA) is 84.3 Å². The van der Waals surface area contributed by atoms with Crippen LogP contribution in [0.3, 0.4) is 0 Å². The summed E-state index contributed by atoms with van der Waals surface area (Å²) in [6.45, 7) is 0.439. The van der Waals surface area contributed by atoms with Gasteiger partial charge in [-0.25, -0.2) is 0 Å². The standard InChI is InChI=1S/C20H15ClN4O3/c1-24-19(27)15-7-6-14(8-16(15)20(24)28)23-18(26)13-9-22-25(11-13)10-12-4-2-3-5-17(12)21/h2-9,11H,10H2,1H3,(H,23,26). The molecule has 0 saturated heterocycles. The summed E-state index contributed by atoms with van der Waals surface area (Å²) in [7, 11) is 1.43. The zero-order chi connectivity index (χ0) is 19.8. The van der Waals surface area contributed by atoms with E-state index in [2.05, 4.69) is 10.4 Å². The molecule has 2 aromatic carbocycles. The van der Waals surface area contributed by atoms with Gasteiger partial charge in [0.1, 0.15) is 0 Å². The van der Waals surface area contributed by atoms with Gasteiger partial charge in [-0.05, 0) is 29.8 Å². The van der Waals surface area contributed by atoms with Crippen LogP contribution >= 0.6 is 11.6 Å². The molecule has 4 rings (SSSR count). The number of carbonyl (C=O) groups is 3. The Bertz CT molecular complexity index is 1120. The number of imide groups is 1. The van der Waals surface area contributed by atoms with Crippen molar-refractivity contribution in [1.29, 1.82) is 0 Å². The third-order valence-electron chi connectivity index (χ3n) is 4.53. The molecule has 8 heteroatoms. The highest BCUT2D eigenvalue weighted by Crippen LogP contribution is 2.25. The Morgan fingerprint density at radius 3 is 2.64 bits per heavy atom. The molecular weight excluding hydrogens is 380 g/mol. The van der Waals surface area contributed by atoms with E-state index in [-0.39, 0.29) is 23.3 Å². The van der Waals surface area contributed by atoms with Gasteiger partial charge in [-0.2, -0.15) is 5.10 Å². The second-order valence-electron chi connectivity index (χ2n) is 6.40. The molecule has 3 aromatic rings. The zero-order valence-corrected chi connectivity index (χ0v) is 15.6. The minimum Gasteiger partial charge on any atom is -0.322 e. The number of amides is 3. The van der Waals surface area contributed by atoms with Gasteiger partial charge in [0, 0.05) is 24.0 Å². The molecule has 3 amide bonds. The monoisotopic (exact) mass is 394 g/mol. The van der Waals surface area contributed by atoms with E-state index < -0.39 is 0 Å². The fraction of sp³-hybridized carbons (Fsp3) is 0.100. The first-order chi connectivity index (χ1) is 13.4. The van der Waals surface area contributed by atoms with Crippen molar-refractivity contribution >= 4 is 35.0 Å². The van der Waals surface area contributed by atoms with Crippen LogP contribution in [-0.4, -0.2) is 39.4 Å². The Hall–Kier alpha value is -3.45. The van der Waals surface area contributed by atoms with Crippen molar-refractivity contribution in [3.63, 3.8) is 0 Å². The van der Waals surface area contributed by atoms with Crippen molar-refractivity contribution in [1.82, 2.24) is 14.7 Å². The smallest absolute Gasteiger partial charge is 0.261 e. The summed E-state index contributed by atoms with van der Waals surface area (Å²) in [6, 6.07) is 12.1. The maximum atomic E-state index is 12.5. The van der Waals surface area contributed by atoms with Crippen LogP contribution < -0.4 is 5.32 Å². The summed E-state index contributed by atoms with van der Waals surface area (Å²) in [6.07, 6.45) is 3.08. The summed E-state index contributed by atoms with van der Waals surface area (Å²) < 4.78 is 1.62. The Morgan fingerprint density at radius 2 is 1.86 bits per heavy atom. The maximum absolute atomic E-state index is 12.5. The number of nitrogens with zero attached hydrogens (tertiary/aromatic N) is 3. The molecule has 1 N–H and O–H groups in total. The molecule has 0 bridgehead atoms. The average Bonchev–Trinajstić information content (AvgIpc) is 3.24. The number of carbonyl (C=O) groups excluding carboxylic acids is 3. The molecular formula is C20H15ClN4O3. The van der Waals surface area contributed by atoms with Crippen molar-refractivity contribution in [3.05, 3.63) is 82.1 Å². The van der Waals surface area contributed by atoms with Crippen LogP contribution in [0.5, 0.6) is 0 Å². The largest absolute Gasteiger partial charge is 0.322 e. The first kappa shape index (κ1) is 17.9. The molecule has 0 spiro atoms. The third-order valence-corrected chi connectivity index (χ3v) is 4.90. The van der Waals surface area contributed by atoms with E-state index in [1.165, 1.54) is 25.4 Å². The molecule has 1 aliphatic rings. The highest BCUT2D eigenvalue weighted by molar-refractivity contribution is 6.31. The molecule has 2 heterocycles. The van der Waals surface area contributed by atoms with Gasteiger partial charge in [-0.3, -0.25) is 24.0 Å². The second-order valence-corrected chi connectivity index (χ2v) is 6.81. The van der Waals surface area contributed by atoms with Crippen LogP contribution in [0.4, 0.5) is 5.69 Å². The van der Waals surface area contributed by atoms with Gasteiger partial charge in [-0.15, -0.1) is 0 Å².